The molecule has 0 atom stereocenters. The van der Waals surface area contributed by atoms with Crippen molar-refractivity contribution in [3.05, 3.63) is 21.4 Å². The predicted octanol–water partition coefficient (Wildman–Crippen LogP) is 2.86. The Morgan fingerprint density at radius 2 is 1.96 bits per heavy atom. The highest BCUT2D eigenvalue weighted by Gasteiger charge is 2.16. The number of methoxy groups -OCH3 is 1. The van der Waals surface area contributed by atoms with Crippen LogP contribution < -0.4 is 16.2 Å². The van der Waals surface area contributed by atoms with Gasteiger partial charge < -0.3 is 10.1 Å². The second-order valence-corrected chi connectivity index (χ2v) is 7.89. The number of aryl methyl sites for hydroxylation is 2. The van der Waals surface area contributed by atoms with E-state index in [1.807, 2.05) is 6.07 Å². The van der Waals surface area contributed by atoms with Crippen LogP contribution in [0.5, 0.6) is 0 Å². The summed E-state index contributed by atoms with van der Waals surface area (Å²) in [6.07, 6.45) is 8.89. The monoisotopic (exact) mass is 397 g/mol. The lowest BCUT2D eigenvalue weighted by atomic mass is 10.1. The van der Waals surface area contributed by atoms with Crippen LogP contribution in [0.15, 0.2) is 6.07 Å². The molecule has 6 nitrogen and oxygen atoms in total. The first kappa shape index (κ1) is 20.6. The Bertz CT molecular complexity index is 608. The van der Waals surface area contributed by atoms with Crippen molar-refractivity contribution < 1.29 is 14.3 Å². The number of fused-ring (bicyclic) bond motifs is 1. The van der Waals surface area contributed by atoms with Gasteiger partial charge in [0.15, 0.2) is 5.11 Å². The van der Waals surface area contributed by atoms with Crippen molar-refractivity contribution in [1.82, 2.24) is 16.2 Å². The summed E-state index contributed by atoms with van der Waals surface area (Å²) in [5.74, 6) is -0.325. The predicted molar refractivity (Wildman–Crippen MR) is 107 cm³/mol. The smallest absolute Gasteiger partial charge is 0.305 e. The van der Waals surface area contributed by atoms with Gasteiger partial charge in [-0.2, -0.15) is 0 Å². The number of thiocarbonyl (C=S) groups is 1. The molecule has 144 valence electrons. The van der Waals surface area contributed by atoms with Crippen molar-refractivity contribution >= 4 is 40.5 Å². The maximum atomic E-state index is 12.3. The highest BCUT2D eigenvalue weighted by Crippen LogP contribution is 2.28. The average molecular weight is 398 g/mol. The normalized spacial score (nSPS) is 13.3. The molecule has 2 rings (SSSR count). The van der Waals surface area contributed by atoms with E-state index in [4.69, 9.17) is 12.2 Å². The number of esters is 1. The van der Waals surface area contributed by atoms with Crippen LogP contribution in [0.25, 0.3) is 0 Å². The Labute approximate surface area is 164 Å². The van der Waals surface area contributed by atoms with Crippen LogP contribution in [0.4, 0.5) is 0 Å². The summed E-state index contributed by atoms with van der Waals surface area (Å²) in [5.41, 5.74) is 6.72. The quantitative estimate of drug-likeness (QED) is 0.216. The van der Waals surface area contributed by atoms with Gasteiger partial charge in [-0.05, 0) is 62.4 Å². The molecule has 0 bridgehead atoms. The fourth-order valence-electron chi connectivity index (χ4n) is 2.87. The van der Waals surface area contributed by atoms with Crippen LogP contribution in [0.3, 0.4) is 0 Å². The van der Waals surface area contributed by atoms with Gasteiger partial charge in [-0.25, -0.2) is 0 Å². The second kappa shape index (κ2) is 11.1. The van der Waals surface area contributed by atoms with E-state index in [0.717, 1.165) is 37.0 Å². The number of hydrazine groups is 1. The summed E-state index contributed by atoms with van der Waals surface area (Å²) < 4.78 is 4.59. The summed E-state index contributed by atoms with van der Waals surface area (Å²) in [7, 11) is 1.40. The van der Waals surface area contributed by atoms with Gasteiger partial charge in [-0.3, -0.25) is 20.4 Å². The Balaban J connectivity index is 1.61. The molecule has 26 heavy (non-hydrogen) atoms. The first-order valence-corrected chi connectivity index (χ1v) is 10.3. The highest BCUT2D eigenvalue weighted by atomic mass is 32.1. The average Bonchev–Trinajstić information content (AvgIpc) is 2.93. The summed E-state index contributed by atoms with van der Waals surface area (Å²) in [6.45, 7) is 0.691. The summed E-state index contributed by atoms with van der Waals surface area (Å²) in [4.78, 5) is 25.3. The molecular formula is C18H27N3O3S2. The van der Waals surface area contributed by atoms with Crippen molar-refractivity contribution in [2.75, 3.05) is 13.7 Å². The molecule has 0 aliphatic heterocycles. The number of carbonyl (C=O) groups excluding carboxylic acids is 2. The molecule has 0 saturated carbocycles. The van der Waals surface area contributed by atoms with Crippen LogP contribution in [-0.2, 0) is 22.4 Å². The maximum absolute atomic E-state index is 12.3. The molecule has 1 aliphatic carbocycles. The zero-order valence-corrected chi connectivity index (χ0v) is 16.8. The number of amides is 1. The van der Waals surface area contributed by atoms with Gasteiger partial charge in [0.1, 0.15) is 0 Å². The summed E-state index contributed by atoms with van der Waals surface area (Å²) in [6, 6.07) is 2.01. The van der Waals surface area contributed by atoms with Crippen molar-refractivity contribution in [3.63, 3.8) is 0 Å². The molecule has 1 amide bonds. The minimum atomic E-state index is -0.177. The van der Waals surface area contributed by atoms with E-state index in [1.165, 1.54) is 36.8 Å². The first-order chi connectivity index (χ1) is 12.6. The molecule has 0 spiro atoms. The molecule has 3 N–H and O–H groups in total. The number of rotatable bonds is 7. The topological polar surface area (TPSA) is 79.5 Å². The highest BCUT2D eigenvalue weighted by molar-refractivity contribution is 7.80. The van der Waals surface area contributed by atoms with Crippen LogP contribution in [0.2, 0.25) is 0 Å². The van der Waals surface area contributed by atoms with Crippen molar-refractivity contribution in [2.45, 2.75) is 57.8 Å². The van der Waals surface area contributed by atoms with Gasteiger partial charge in [-0.15, -0.1) is 11.3 Å². The lowest BCUT2D eigenvalue weighted by Gasteiger charge is -2.10. The molecule has 0 unspecified atom stereocenters. The lowest BCUT2D eigenvalue weighted by molar-refractivity contribution is -0.140. The number of thiophene rings is 1. The van der Waals surface area contributed by atoms with Gasteiger partial charge in [0, 0.05) is 17.8 Å². The van der Waals surface area contributed by atoms with Crippen LogP contribution in [-0.4, -0.2) is 30.6 Å². The van der Waals surface area contributed by atoms with Crippen molar-refractivity contribution in [3.8, 4) is 0 Å². The van der Waals surface area contributed by atoms with Crippen molar-refractivity contribution in [1.29, 1.82) is 0 Å². The molecule has 1 aromatic heterocycles. The Morgan fingerprint density at radius 3 is 2.77 bits per heavy atom. The molecule has 8 heteroatoms. The number of ether oxygens (including phenoxy) is 1. The third-order valence-corrected chi connectivity index (χ3v) is 5.81. The second-order valence-electron chi connectivity index (χ2n) is 6.34. The van der Waals surface area contributed by atoms with Crippen LogP contribution in [0, 0.1) is 0 Å². The van der Waals surface area contributed by atoms with E-state index in [0.29, 0.717) is 18.1 Å². The van der Waals surface area contributed by atoms with E-state index in [1.54, 1.807) is 11.3 Å². The van der Waals surface area contributed by atoms with E-state index >= 15 is 0 Å². The van der Waals surface area contributed by atoms with E-state index in [-0.39, 0.29) is 11.9 Å². The minimum Gasteiger partial charge on any atom is -0.469 e. The molecule has 1 heterocycles. The van der Waals surface area contributed by atoms with Crippen LogP contribution in [0.1, 0.15) is 65.1 Å². The van der Waals surface area contributed by atoms with Gasteiger partial charge >= 0.3 is 5.97 Å². The maximum Gasteiger partial charge on any atom is 0.305 e. The minimum absolute atomic E-state index is 0.148. The number of hydrogen-bond donors (Lipinski definition) is 3. The van der Waals surface area contributed by atoms with Gasteiger partial charge in [-0.1, -0.05) is 12.8 Å². The molecule has 0 saturated heterocycles. The largest absolute Gasteiger partial charge is 0.469 e. The Kier molecular flexibility index (Phi) is 8.84. The molecule has 1 aromatic rings. The van der Waals surface area contributed by atoms with Gasteiger partial charge in [0.2, 0.25) is 0 Å². The molecule has 0 fully saturated rings. The van der Waals surface area contributed by atoms with Gasteiger partial charge in [0.05, 0.1) is 12.0 Å². The summed E-state index contributed by atoms with van der Waals surface area (Å²) in [5, 5.41) is 3.43. The first-order valence-electron chi connectivity index (χ1n) is 9.12. The fourth-order valence-corrected chi connectivity index (χ4v) is 4.18. The number of carbonyl (C=O) groups is 2. The molecular weight excluding hydrogens is 370 g/mol. The molecule has 1 aliphatic rings. The number of unbranched alkanes of at least 4 members (excludes halogenated alkanes) is 2. The fraction of sp³-hybridized carbons (Fsp3) is 0.611. The number of nitrogens with one attached hydrogen (secondary N) is 3. The SMILES string of the molecule is COC(=O)CCCCCNC(=S)NNC(=O)c1cc2c(s1)CCCCC2. The lowest BCUT2D eigenvalue weighted by Crippen LogP contribution is -2.46. The van der Waals surface area contributed by atoms with Crippen LogP contribution >= 0.6 is 23.6 Å². The molecule has 0 radical (unpaired) electrons. The third kappa shape index (κ3) is 6.92. The molecule has 0 aromatic carbocycles. The zero-order chi connectivity index (χ0) is 18.8. The van der Waals surface area contributed by atoms with E-state index in [9.17, 15) is 9.59 Å². The standard InChI is InChI=1S/C18H27N3O3S2/c1-24-16(22)10-6-3-7-11-19-18(25)21-20-17(23)15-12-13-8-4-2-5-9-14(13)26-15/h12H,2-11H2,1H3,(H,20,23)(H2,19,21,25). The third-order valence-electron chi connectivity index (χ3n) is 4.33. The van der Waals surface area contributed by atoms with E-state index in [2.05, 4.69) is 20.9 Å². The van der Waals surface area contributed by atoms with Crippen molar-refractivity contribution in [2.24, 2.45) is 0 Å². The van der Waals surface area contributed by atoms with Gasteiger partial charge in [0.25, 0.3) is 5.91 Å². The number of hydrogen-bond acceptors (Lipinski definition) is 5. The Hall–Kier alpha value is -1.67. The summed E-state index contributed by atoms with van der Waals surface area (Å²) >= 11 is 6.74. The Morgan fingerprint density at radius 1 is 1.15 bits per heavy atom. The zero-order valence-electron chi connectivity index (χ0n) is 15.2. The van der Waals surface area contributed by atoms with E-state index < -0.39 is 0 Å².